The summed E-state index contributed by atoms with van der Waals surface area (Å²) in [6.07, 6.45) is 2.35. The van der Waals surface area contributed by atoms with Crippen molar-refractivity contribution in [3.05, 3.63) is 59.3 Å². The second kappa shape index (κ2) is 7.82. The van der Waals surface area contributed by atoms with E-state index in [2.05, 4.69) is 20.3 Å². The normalized spacial score (nSPS) is 10.6. The van der Waals surface area contributed by atoms with E-state index in [0.29, 0.717) is 6.61 Å². The molecule has 0 unspecified atom stereocenters. The molecule has 1 aromatic carbocycles. The molecule has 0 aliphatic heterocycles. The molecule has 0 aliphatic carbocycles. The monoisotopic (exact) mass is 356 g/mol. The first-order valence-electron chi connectivity index (χ1n) is 7.49. The summed E-state index contributed by atoms with van der Waals surface area (Å²) in [7, 11) is 1.62. The molecule has 3 rings (SSSR count). The van der Waals surface area contributed by atoms with Crippen molar-refractivity contribution in [1.82, 2.24) is 20.3 Å². The van der Waals surface area contributed by atoms with Gasteiger partial charge in [-0.2, -0.15) is 0 Å². The Hall–Kier alpha value is -2.84. The number of nitrogens with zero attached hydrogens (tertiary/aromatic N) is 3. The molecule has 8 heteroatoms. The molecule has 2 aromatic heterocycles. The lowest BCUT2D eigenvalue weighted by atomic mass is 10.1. The lowest BCUT2D eigenvalue weighted by Gasteiger charge is -2.05. The predicted octanol–water partition coefficient (Wildman–Crippen LogP) is 2.38. The van der Waals surface area contributed by atoms with Crippen molar-refractivity contribution >= 4 is 17.2 Å². The molecule has 128 valence electrons. The molecule has 7 nitrogen and oxygen atoms in total. The topological polar surface area (TPSA) is 97.2 Å². The van der Waals surface area contributed by atoms with E-state index in [1.165, 1.54) is 23.7 Å². The molecular weight excluding hydrogens is 340 g/mol. The third-order valence-electron chi connectivity index (χ3n) is 3.30. The van der Waals surface area contributed by atoms with Crippen molar-refractivity contribution in [3.8, 4) is 16.2 Å². The van der Waals surface area contributed by atoms with Crippen molar-refractivity contribution in [2.24, 2.45) is 0 Å². The number of hydrogen-bond acceptors (Lipinski definition) is 7. The Kier molecular flexibility index (Phi) is 5.32. The number of benzene rings is 1. The van der Waals surface area contributed by atoms with Crippen molar-refractivity contribution < 1.29 is 14.6 Å². The molecule has 0 atom stereocenters. The second-order valence-corrected chi connectivity index (χ2v) is 6.21. The second-order valence-electron chi connectivity index (χ2n) is 5.13. The van der Waals surface area contributed by atoms with Crippen molar-refractivity contribution in [1.29, 1.82) is 0 Å². The summed E-state index contributed by atoms with van der Waals surface area (Å²) in [5.74, 6) is -0.529. The molecule has 0 bridgehead atoms. The number of amides is 1. The van der Waals surface area contributed by atoms with Gasteiger partial charge in [0, 0.05) is 7.11 Å². The number of hydrogen-bond donors (Lipinski definition) is 2. The summed E-state index contributed by atoms with van der Waals surface area (Å²) < 4.78 is 5.16. The number of carbonyl (C=O) groups is 1. The van der Waals surface area contributed by atoms with Gasteiger partial charge in [-0.15, -0.1) is 11.3 Å². The van der Waals surface area contributed by atoms with Crippen LogP contribution in [0.1, 0.15) is 21.3 Å². The number of ether oxygens (including phenoxy) is 1. The lowest BCUT2D eigenvalue weighted by molar-refractivity contribution is 0.0940. The Morgan fingerprint density at radius 1 is 1.24 bits per heavy atom. The van der Waals surface area contributed by atoms with Crippen LogP contribution in [0.25, 0.3) is 10.4 Å². The van der Waals surface area contributed by atoms with Crippen LogP contribution >= 0.6 is 11.3 Å². The number of methoxy groups -OCH3 is 1. The van der Waals surface area contributed by atoms with Gasteiger partial charge in [0.05, 0.1) is 36.1 Å². The summed E-state index contributed by atoms with van der Waals surface area (Å²) in [5, 5.41) is 12.8. The Labute approximate surface area is 148 Å². The number of aromatic hydroxyl groups is 1. The predicted molar refractivity (Wildman–Crippen MR) is 93.1 cm³/mol. The molecule has 0 radical (unpaired) electrons. The quantitative estimate of drug-likeness (QED) is 0.704. The zero-order valence-electron chi connectivity index (χ0n) is 13.5. The molecule has 0 spiro atoms. The van der Waals surface area contributed by atoms with Crippen LogP contribution in [0.3, 0.4) is 0 Å². The van der Waals surface area contributed by atoms with Gasteiger partial charge in [-0.3, -0.25) is 4.79 Å². The van der Waals surface area contributed by atoms with E-state index in [-0.39, 0.29) is 18.1 Å². The summed E-state index contributed by atoms with van der Waals surface area (Å²) in [4.78, 5) is 25.3. The minimum atomic E-state index is -0.430. The number of nitrogens with one attached hydrogen (secondary N) is 1. The smallest absolute Gasteiger partial charge is 0.289 e. The number of carbonyl (C=O) groups excluding carboxylic acids is 1. The van der Waals surface area contributed by atoms with Crippen LogP contribution in [0.2, 0.25) is 0 Å². The summed E-state index contributed by atoms with van der Waals surface area (Å²) in [6.45, 7) is 0.660. The van der Waals surface area contributed by atoms with Gasteiger partial charge in [0.2, 0.25) is 5.82 Å². The van der Waals surface area contributed by atoms with Gasteiger partial charge in [-0.05, 0) is 5.56 Å². The molecule has 0 aliphatic rings. The highest BCUT2D eigenvalue weighted by atomic mass is 32.1. The van der Waals surface area contributed by atoms with E-state index in [0.717, 1.165) is 21.1 Å². The van der Waals surface area contributed by atoms with E-state index in [1.54, 1.807) is 7.11 Å². The van der Waals surface area contributed by atoms with Gasteiger partial charge < -0.3 is 15.2 Å². The molecule has 2 N–H and O–H groups in total. The maximum atomic E-state index is 12.1. The van der Waals surface area contributed by atoms with Crippen molar-refractivity contribution in [2.45, 2.75) is 13.2 Å². The van der Waals surface area contributed by atoms with Crippen LogP contribution < -0.4 is 5.32 Å². The number of aromatic nitrogens is 3. The lowest BCUT2D eigenvalue weighted by Crippen LogP contribution is -2.25. The fourth-order valence-corrected chi connectivity index (χ4v) is 3.26. The maximum Gasteiger partial charge on any atom is 0.289 e. The Bertz CT molecular complexity index is 850. The van der Waals surface area contributed by atoms with Crippen LogP contribution in [0.15, 0.2) is 42.7 Å². The standard InChI is InChI=1S/C17H16N4O3S/c1-24-10-14-21-13(15(25-14)11-5-3-2-4-6-11)9-20-17(23)16-18-7-12(22)8-19-16/h2-8,22H,9-10H2,1H3,(H,20,23). The van der Waals surface area contributed by atoms with E-state index in [1.807, 2.05) is 30.3 Å². The van der Waals surface area contributed by atoms with Gasteiger partial charge in [-0.25, -0.2) is 15.0 Å². The first-order valence-corrected chi connectivity index (χ1v) is 8.31. The minimum absolute atomic E-state index is 0.00796. The Morgan fingerprint density at radius 3 is 2.64 bits per heavy atom. The molecule has 0 fully saturated rings. The first-order chi connectivity index (χ1) is 12.2. The summed E-state index contributed by atoms with van der Waals surface area (Å²) >= 11 is 1.53. The van der Waals surface area contributed by atoms with Gasteiger partial charge in [0.25, 0.3) is 5.91 Å². The molecule has 1 amide bonds. The SMILES string of the molecule is COCc1nc(CNC(=O)c2ncc(O)cn2)c(-c2ccccc2)s1. The summed E-state index contributed by atoms with van der Waals surface area (Å²) in [6, 6.07) is 9.86. The van der Waals surface area contributed by atoms with Gasteiger partial charge in [0.1, 0.15) is 5.01 Å². The third-order valence-corrected chi connectivity index (χ3v) is 4.42. The highest BCUT2D eigenvalue weighted by Gasteiger charge is 2.15. The average molecular weight is 356 g/mol. The molecule has 0 saturated carbocycles. The Morgan fingerprint density at radius 2 is 1.96 bits per heavy atom. The van der Waals surface area contributed by atoms with E-state index in [4.69, 9.17) is 4.74 Å². The number of thiazole rings is 1. The molecule has 2 heterocycles. The fourth-order valence-electron chi connectivity index (χ4n) is 2.20. The van der Waals surface area contributed by atoms with Gasteiger partial charge >= 0.3 is 0 Å². The van der Waals surface area contributed by atoms with E-state index >= 15 is 0 Å². The van der Waals surface area contributed by atoms with Gasteiger partial charge in [0.15, 0.2) is 5.75 Å². The third kappa shape index (κ3) is 4.17. The molecular formula is C17H16N4O3S. The van der Waals surface area contributed by atoms with Crippen molar-refractivity contribution in [3.63, 3.8) is 0 Å². The van der Waals surface area contributed by atoms with Gasteiger partial charge in [-0.1, -0.05) is 30.3 Å². The largest absolute Gasteiger partial charge is 0.505 e. The zero-order valence-corrected chi connectivity index (χ0v) is 14.3. The average Bonchev–Trinajstić information content (AvgIpc) is 3.04. The molecule has 3 aromatic rings. The van der Waals surface area contributed by atoms with Crippen LogP contribution in [-0.4, -0.2) is 33.1 Å². The zero-order chi connectivity index (χ0) is 17.6. The Balaban J connectivity index is 1.79. The minimum Gasteiger partial charge on any atom is -0.505 e. The van der Waals surface area contributed by atoms with Crippen LogP contribution in [-0.2, 0) is 17.9 Å². The summed E-state index contributed by atoms with van der Waals surface area (Å²) in [5.41, 5.74) is 1.79. The highest BCUT2D eigenvalue weighted by molar-refractivity contribution is 7.15. The van der Waals surface area contributed by atoms with Crippen LogP contribution in [0.5, 0.6) is 5.75 Å². The molecule has 25 heavy (non-hydrogen) atoms. The van der Waals surface area contributed by atoms with E-state index < -0.39 is 5.91 Å². The van der Waals surface area contributed by atoms with E-state index in [9.17, 15) is 9.90 Å². The first kappa shape index (κ1) is 17.0. The van der Waals surface area contributed by atoms with Crippen LogP contribution in [0, 0.1) is 0 Å². The fraction of sp³-hybridized carbons (Fsp3) is 0.176. The maximum absolute atomic E-state index is 12.1. The highest BCUT2D eigenvalue weighted by Crippen LogP contribution is 2.30. The van der Waals surface area contributed by atoms with Crippen LogP contribution in [0.4, 0.5) is 0 Å². The van der Waals surface area contributed by atoms with Crippen molar-refractivity contribution in [2.75, 3.05) is 7.11 Å². The molecule has 0 saturated heterocycles. The number of rotatable bonds is 6.